The van der Waals surface area contributed by atoms with Crippen molar-refractivity contribution in [3.8, 4) is 6.07 Å². The highest BCUT2D eigenvalue weighted by Gasteiger charge is 2.21. The van der Waals surface area contributed by atoms with Gasteiger partial charge in [-0.25, -0.2) is 4.79 Å². The zero-order chi connectivity index (χ0) is 18.3. The van der Waals surface area contributed by atoms with Gasteiger partial charge in [0.25, 0.3) is 11.6 Å². The van der Waals surface area contributed by atoms with Gasteiger partial charge in [0.1, 0.15) is 23.4 Å². The molecule has 0 saturated heterocycles. The van der Waals surface area contributed by atoms with Crippen LogP contribution in [-0.2, 0) is 9.59 Å². The smallest absolute Gasteiger partial charge is 0.326 e. The topological polar surface area (TPSA) is 145 Å². The Morgan fingerprint density at radius 3 is 2.50 bits per heavy atom. The Kier molecular flexibility index (Phi) is 6.43. The van der Waals surface area contributed by atoms with E-state index in [4.69, 9.17) is 10.4 Å². The summed E-state index contributed by atoms with van der Waals surface area (Å²) in [6.07, 6.45) is 0.989. The lowest BCUT2D eigenvalue weighted by Crippen LogP contribution is -2.38. The lowest BCUT2D eigenvalue weighted by molar-refractivity contribution is -0.383. The zero-order valence-electron chi connectivity index (χ0n) is 13.0. The summed E-state index contributed by atoms with van der Waals surface area (Å²) < 4.78 is 0. The molecule has 1 amide bonds. The van der Waals surface area contributed by atoms with Crippen LogP contribution >= 0.6 is 0 Å². The zero-order valence-corrected chi connectivity index (χ0v) is 13.0. The van der Waals surface area contributed by atoms with E-state index in [9.17, 15) is 19.7 Å². The molecule has 126 valence electrons. The van der Waals surface area contributed by atoms with Crippen LogP contribution in [0.4, 0.5) is 11.4 Å². The predicted octanol–water partition coefficient (Wildman–Crippen LogP) is 1.64. The minimum Gasteiger partial charge on any atom is -0.480 e. The van der Waals surface area contributed by atoms with Gasteiger partial charge in [-0.15, -0.1) is 0 Å². The first-order valence-electron chi connectivity index (χ1n) is 6.91. The number of carbonyl (C=O) groups is 2. The van der Waals surface area contributed by atoms with Gasteiger partial charge in [-0.2, -0.15) is 5.26 Å². The summed E-state index contributed by atoms with van der Waals surface area (Å²) in [7, 11) is 0. The monoisotopic (exact) mass is 332 g/mol. The molecule has 0 radical (unpaired) electrons. The van der Waals surface area contributed by atoms with Gasteiger partial charge in [-0.1, -0.05) is 26.0 Å². The number of nitro groups is 1. The molecule has 0 fully saturated rings. The number of nitriles is 1. The van der Waals surface area contributed by atoms with Crippen LogP contribution in [-0.4, -0.2) is 27.9 Å². The number of carboxylic acid groups (broad SMARTS) is 1. The summed E-state index contributed by atoms with van der Waals surface area (Å²) in [5.41, 5.74) is -0.783. The quantitative estimate of drug-likeness (QED) is 0.298. The minimum atomic E-state index is -1.13. The molecule has 0 heterocycles. The predicted molar refractivity (Wildman–Crippen MR) is 84.8 cm³/mol. The highest BCUT2D eigenvalue weighted by Crippen LogP contribution is 2.23. The molecule has 0 bridgehead atoms. The summed E-state index contributed by atoms with van der Waals surface area (Å²) in [6.45, 7) is 3.33. The van der Waals surface area contributed by atoms with Gasteiger partial charge >= 0.3 is 5.97 Å². The number of hydrogen-bond acceptors (Lipinski definition) is 6. The lowest BCUT2D eigenvalue weighted by atomic mass is 10.1. The average Bonchev–Trinajstić information content (AvgIpc) is 2.50. The maximum Gasteiger partial charge on any atom is 0.326 e. The molecule has 0 aliphatic rings. The highest BCUT2D eigenvalue weighted by atomic mass is 16.6. The van der Waals surface area contributed by atoms with Crippen molar-refractivity contribution in [3.05, 3.63) is 46.2 Å². The fourth-order valence-electron chi connectivity index (χ4n) is 1.80. The number of para-hydroxylation sites is 2. The van der Waals surface area contributed by atoms with Crippen molar-refractivity contribution in [2.75, 3.05) is 5.32 Å². The van der Waals surface area contributed by atoms with Crippen molar-refractivity contribution in [3.63, 3.8) is 0 Å². The first-order chi connectivity index (χ1) is 11.3. The molecule has 0 spiro atoms. The number of aliphatic carboxylic acids is 1. The molecule has 0 saturated carbocycles. The number of amides is 1. The van der Waals surface area contributed by atoms with Gasteiger partial charge < -0.3 is 15.7 Å². The van der Waals surface area contributed by atoms with Crippen LogP contribution in [0.2, 0.25) is 0 Å². The van der Waals surface area contributed by atoms with E-state index in [1.54, 1.807) is 19.9 Å². The van der Waals surface area contributed by atoms with Gasteiger partial charge in [0.05, 0.1) is 4.92 Å². The number of hydrogen-bond donors (Lipinski definition) is 3. The Hall–Kier alpha value is -3.41. The molecule has 1 rings (SSSR count). The summed E-state index contributed by atoms with van der Waals surface area (Å²) in [6, 6.07) is 6.12. The van der Waals surface area contributed by atoms with Crippen LogP contribution in [0.15, 0.2) is 36.0 Å². The van der Waals surface area contributed by atoms with E-state index in [0.29, 0.717) is 0 Å². The molecule has 24 heavy (non-hydrogen) atoms. The Bertz CT molecular complexity index is 721. The molecule has 1 aromatic rings. The van der Waals surface area contributed by atoms with Crippen molar-refractivity contribution in [2.45, 2.75) is 19.9 Å². The SMILES string of the molecule is CC(C)C(N/C=C(/C#N)C(=O)Nc1ccccc1[N+](=O)[O-])C(=O)O. The molecular weight excluding hydrogens is 316 g/mol. The van der Waals surface area contributed by atoms with Gasteiger partial charge in [0.2, 0.25) is 0 Å². The number of nitrogens with zero attached hydrogens (tertiary/aromatic N) is 2. The van der Waals surface area contributed by atoms with E-state index in [0.717, 1.165) is 6.20 Å². The number of nitrogens with one attached hydrogen (secondary N) is 2. The molecule has 9 nitrogen and oxygen atoms in total. The van der Waals surface area contributed by atoms with Crippen LogP contribution in [0.3, 0.4) is 0 Å². The summed E-state index contributed by atoms with van der Waals surface area (Å²) in [4.78, 5) is 33.4. The van der Waals surface area contributed by atoms with Crippen LogP contribution < -0.4 is 10.6 Å². The second kappa shape index (κ2) is 8.28. The second-order valence-electron chi connectivity index (χ2n) is 5.12. The third-order valence-corrected chi connectivity index (χ3v) is 3.05. The normalized spacial score (nSPS) is 12.2. The molecule has 1 atom stereocenters. The highest BCUT2D eigenvalue weighted by molar-refractivity contribution is 6.07. The van der Waals surface area contributed by atoms with Crippen LogP contribution in [0.25, 0.3) is 0 Å². The van der Waals surface area contributed by atoms with E-state index in [2.05, 4.69) is 10.6 Å². The molecule has 1 aromatic carbocycles. The molecular formula is C15H16N4O5. The maximum atomic E-state index is 12.1. The van der Waals surface area contributed by atoms with Gasteiger partial charge in [0, 0.05) is 12.3 Å². The van der Waals surface area contributed by atoms with Crippen molar-refractivity contribution in [1.82, 2.24) is 5.32 Å². The average molecular weight is 332 g/mol. The molecule has 0 aliphatic heterocycles. The van der Waals surface area contributed by atoms with Gasteiger partial charge in [0.15, 0.2) is 0 Å². The standard InChI is InChI=1S/C15H16N4O5/c1-9(2)13(15(21)22)17-8-10(7-16)14(20)18-11-5-3-4-6-12(11)19(23)24/h3-6,8-9,13,17H,1-2H3,(H,18,20)(H,21,22)/b10-8-. The number of anilines is 1. The third-order valence-electron chi connectivity index (χ3n) is 3.05. The number of benzene rings is 1. The summed E-state index contributed by atoms with van der Waals surface area (Å²) in [5, 5.41) is 33.8. The minimum absolute atomic E-state index is 0.0627. The summed E-state index contributed by atoms with van der Waals surface area (Å²) in [5.74, 6) is -2.29. The van der Waals surface area contributed by atoms with Crippen LogP contribution in [0.5, 0.6) is 0 Å². The van der Waals surface area contributed by atoms with E-state index in [1.807, 2.05) is 0 Å². The molecule has 9 heteroatoms. The number of carbonyl (C=O) groups excluding carboxylic acids is 1. The van der Waals surface area contributed by atoms with Crippen molar-refractivity contribution >= 4 is 23.3 Å². The van der Waals surface area contributed by atoms with Gasteiger partial charge in [-0.3, -0.25) is 14.9 Å². The fourth-order valence-corrected chi connectivity index (χ4v) is 1.80. The molecule has 1 unspecified atom stereocenters. The van der Waals surface area contributed by atoms with Gasteiger partial charge in [-0.05, 0) is 12.0 Å². The fraction of sp³-hybridized carbons (Fsp3) is 0.267. The Morgan fingerprint density at radius 1 is 1.38 bits per heavy atom. The Morgan fingerprint density at radius 2 is 2.00 bits per heavy atom. The summed E-state index contributed by atoms with van der Waals surface area (Å²) >= 11 is 0. The Labute approximate surface area is 137 Å². The largest absolute Gasteiger partial charge is 0.480 e. The van der Waals surface area contributed by atoms with E-state index in [1.165, 1.54) is 24.3 Å². The van der Waals surface area contributed by atoms with Crippen molar-refractivity contribution < 1.29 is 19.6 Å². The molecule has 0 aliphatic carbocycles. The van der Waals surface area contributed by atoms with Crippen LogP contribution in [0.1, 0.15) is 13.8 Å². The van der Waals surface area contributed by atoms with E-state index in [-0.39, 0.29) is 17.3 Å². The lowest BCUT2D eigenvalue weighted by Gasteiger charge is -2.16. The maximum absolute atomic E-state index is 12.1. The van der Waals surface area contributed by atoms with E-state index >= 15 is 0 Å². The second-order valence-corrected chi connectivity index (χ2v) is 5.12. The third kappa shape index (κ3) is 4.81. The number of rotatable bonds is 7. The number of nitro benzene ring substituents is 1. The van der Waals surface area contributed by atoms with Crippen molar-refractivity contribution in [1.29, 1.82) is 5.26 Å². The number of carboxylic acids is 1. The van der Waals surface area contributed by atoms with Crippen molar-refractivity contribution in [2.24, 2.45) is 5.92 Å². The molecule has 0 aromatic heterocycles. The molecule has 3 N–H and O–H groups in total. The van der Waals surface area contributed by atoms with E-state index < -0.39 is 28.4 Å². The first-order valence-corrected chi connectivity index (χ1v) is 6.91. The van der Waals surface area contributed by atoms with Crippen LogP contribution in [0, 0.1) is 27.4 Å². The first kappa shape index (κ1) is 18.6. The Balaban J connectivity index is 2.96.